The molecule has 18 heavy (non-hydrogen) atoms. The summed E-state index contributed by atoms with van der Waals surface area (Å²) < 4.78 is 25.6. The fourth-order valence-electron chi connectivity index (χ4n) is 1.53. The van der Waals surface area contributed by atoms with Crippen molar-refractivity contribution >= 4 is 28.2 Å². The van der Waals surface area contributed by atoms with Crippen molar-refractivity contribution in [2.45, 2.75) is 30.9 Å². The summed E-state index contributed by atoms with van der Waals surface area (Å²) >= 11 is 1.43. The van der Waals surface area contributed by atoms with Crippen LogP contribution in [0.15, 0.2) is 29.2 Å². The number of nitrogens with zero attached hydrogens (tertiary/aromatic N) is 2. The SMILES string of the molecule is Cc1ccc(S(=O)(=O)[N-][N+]2=CC(C)C(C)S2)cc1. The van der Waals surface area contributed by atoms with Crippen LogP contribution in [0.2, 0.25) is 0 Å². The predicted octanol–water partition coefficient (Wildman–Crippen LogP) is 2.74. The van der Waals surface area contributed by atoms with Gasteiger partial charge in [0.05, 0.1) is 16.1 Å². The molecule has 1 aliphatic heterocycles. The molecule has 98 valence electrons. The Labute approximate surface area is 112 Å². The molecule has 0 bridgehead atoms. The number of sulfonamides is 1. The van der Waals surface area contributed by atoms with Crippen LogP contribution >= 0.6 is 11.9 Å². The van der Waals surface area contributed by atoms with Gasteiger partial charge in [0.2, 0.25) is 0 Å². The number of hydrogen-bond acceptors (Lipinski definition) is 3. The molecular formula is C12H16N2O2S2. The Bertz CT molecular complexity index is 564. The quantitative estimate of drug-likeness (QED) is 0.633. The van der Waals surface area contributed by atoms with Crippen molar-refractivity contribution in [1.82, 2.24) is 0 Å². The summed E-state index contributed by atoms with van der Waals surface area (Å²) in [6.07, 6.45) is 1.83. The fourth-order valence-corrected chi connectivity index (χ4v) is 3.66. The van der Waals surface area contributed by atoms with Gasteiger partial charge in [0.1, 0.15) is 0 Å². The highest BCUT2D eigenvalue weighted by molar-refractivity contribution is 7.97. The molecule has 2 unspecified atom stereocenters. The molecule has 0 saturated heterocycles. The first kappa shape index (κ1) is 13.4. The average Bonchev–Trinajstić information content (AvgIpc) is 2.57. The van der Waals surface area contributed by atoms with Gasteiger partial charge in [0, 0.05) is 0 Å². The van der Waals surface area contributed by atoms with E-state index in [4.69, 9.17) is 0 Å². The van der Waals surface area contributed by atoms with Crippen LogP contribution in [0.4, 0.5) is 0 Å². The Kier molecular flexibility index (Phi) is 3.68. The van der Waals surface area contributed by atoms with Crippen LogP contribution in [0.5, 0.6) is 0 Å². The van der Waals surface area contributed by atoms with Crippen LogP contribution in [-0.4, -0.2) is 24.0 Å². The molecule has 1 heterocycles. The molecule has 0 aromatic heterocycles. The fraction of sp³-hybridized carbons (Fsp3) is 0.417. The van der Waals surface area contributed by atoms with Crippen molar-refractivity contribution in [3.05, 3.63) is 34.7 Å². The zero-order valence-corrected chi connectivity index (χ0v) is 12.2. The Morgan fingerprint density at radius 3 is 2.33 bits per heavy atom. The van der Waals surface area contributed by atoms with E-state index in [1.54, 1.807) is 24.3 Å². The highest BCUT2D eigenvalue weighted by Crippen LogP contribution is 2.30. The van der Waals surface area contributed by atoms with Crippen LogP contribution < -0.4 is 0 Å². The molecule has 2 rings (SSSR count). The summed E-state index contributed by atoms with van der Waals surface area (Å²) in [6, 6.07) is 6.71. The highest BCUT2D eigenvalue weighted by atomic mass is 32.2. The first-order valence-electron chi connectivity index (χ1n) is 5.74. The minimum Gasteiger partial charge on any atom is -0.310 e. The Hall–Kier alpha value is -1.01. The van der Waals surface area contributed by atoms with E-state index < -0.39 is 10.0 Å². The largest absolute Gasteiger partial charge is 0.310 e. The Morgan fingerprint density at radius 2 is 1.83 bits per heavy atom. The minimum atomic E-state index is -3.61. The number of aryl methyl sites for hydroxylation is 1. The molecule has 0 aliphatic carbocycles. The first-order chi connectivity index (χ1) is 8.38. The smallest absolute Gasteiger partial charge is 0.168 e. The lowest BCUT2D eigenvalue weighted by Crippen LogP contribution is -2.06. The third-order valence-corrected chi connectivity index (χ3v) is 5.43. The summed E-state index contributed by atoms with van der Waals surface area (Å²) in [4.78, 5) is 4.05. The van der Waals surface area contributed by atoms with Gasteiger partial charge in [-0.05, 0) is 26.0 Å². The summed E-state index contributed by atoms with van der Waals surface area (Å²) in [7, 11) is -3.61. The zero-order chi connectivity index (χ0) is 13.3. The second kappa shape index (κ2) is 4.93. The summed E-state index contributed by atoms with van der Waals surface area (Å²) in [5.41, 5.74) is 1.03. The highest BCUT2D eigenvalue weighted by Gasteiger charge is 2.27. The standard InChI is InChI=1S/C12H16N2O2S2/c1-9-4-6-12(7-5-9)18(15,16)13-14-8-10(2)11(3)17-14/h4-8,10-11H,1-3H3. The average molecular weight is 284 g/mol. The van der Waals surface area contributed by atoms with E-state index in [0.29, 0.717) is 11.2 Å². The van der Waals surface area contributed by atoms with Crippen molar-refractivity contribution in [3.63, 3.8) is 0 Å². The van der Waals surface area contributed by atoms with Gasteiger partial charge in [0.15, 0.2) is 28.2 Å². The van der Waals surface area contributed by atoms with Crippen molar-refractivity contribution in [3.8, 4) is 0 Å². The van der Waals surface area contributed by atoms with Crippen LogP contribution in [-0.2, 0) is 10.0 Å². The van der Waals surface area contributed by atoms with Crippen LogP contribution in [0.3, 0.4) is 0 Å². The maximum Gasteiger partial charge on any atom is 0.168 e. The van der Waals surface area contributed by atoms with Crippen molar-refractivity contribution in [1.29, 1.82) is 0 Å². The van der Waals surface area contributed by atoms with E-state index in [0.717, 1.165) is 5.56 Å². The molecule has 0 spiro atoms. The van der Waals surface area contributed by atoms with E-state index >= 15 is 0 Å². The van der Waals surface area contributed by atoms with E-state index in [2.05, 4.69) is 11.8 Å². The lowest BCUT2D eigenvalue weighted by Gasteiger charge is -2.14. The second-order valence-electron chi connectivity index (χ2n) is 4.49. The number of rotatable bonds is 3. The summed E-state index contributed by atoms with van der Waals surface area (Å²) in [6.45, 7) is 6.02. The summed E-state index contributed by atoms with van der Waals surface area (Å²) in [5.74, 6) is 0.326. The molecule has 6 heteroatoms. The molecule has 1 aliphatic rings. The maximum atomic E-state index is 12.1. The van der Waals surface area contributed by atoms with Crippen LogP contribution in [0.25, 0.3) is 4.83 Å². The molecule has 0 N–H and O–H groups in total. The number of benzene rings is 1. The van der Waals surface area contributed by atoms with Gasteiger partial charge in [-0.3, -0.25) is 0 Å². The topological polar surface area (TPSA) is 51.2 Å². The molecule has 1 aromatic rings. The van der Waals surface area contributed by atoms with Gasteiger partial charge >= 0.3 is 0 Å². The van der Waals surface area contributed by atoms with E-state index in [1.165, 1.54) is 16.0 Å². The molecule has 2 atom stereocenters. The van der Waals surface area contributed by atoms with Gasteiger partial charge in [-0.2, -0.15) is 4.09 Å². The van der Waals surface area contributed by atoms with E-state index in [1.807, 2.05) is 20.1 Å². The molecule has 0 amide bonds. The van der Waals surface area contributed by atoms with Gasteiger partial charge < -0.3 is 4.83 Å². The lowest BCUT2D eigenvalue weighted by atomic mass is 10.1. The number of hydrogen-bond donors (Lipinski definition) is 0. The minimum absolute atomic E-state index is 0.231. The molecular weight excluding hydrogens is 268 g/mol. The van der Waals surface area contributed by atoms with Crippen molar-refractivity contribution in [2.24, 2.45) is 5.92 Å². The van der Waals surface area contributed by atoms with Gasteiger partial charge in [-0.25, -0.2) is 8.42 Å². The lowest BCUT2D eigenvalue weighted by molar-refractivity contribution is -0.261. The Morgan fingerprint density at radius 1 is 1.22 bits per heavy atom. The van der Waals surface area contributed by atoms with Crippen molar-refractivity contribution in [2.75, 3.05) is 0 Å². The third kappa shape index (κ3) is 2.87. The predicted molar refractivity (Wildman–Crippen MR) is 74.3 cm³/mol. The first-order valence-corrected chi connectivity index (χ1v) is 8.02. The van der Waals surface area contributed by atoms with Crippen LogP contribution in [0, 0.1) is 12.8 Å². The van der Waals surface area contributed by atoms with Crippen molar-refractivity contribution < 1.29 is 12.5 Å². The van der Waals surface area contributed by atoms with Gasteiger partial charge in [-0.1, -0.05) is 24.6 Å². The molecule has 1 aromatic carbocycles. The normalized spacial score (nSPS) is 23.8. The molecule has 0 fully saturated rings. The van der Waals surface area contributed by atoms with Gasteiger partial charge in [-0.15, -0.1) is 0 Å². The summed E-state index contributed by atoms with van der Waals surface area (Å²) in [5, 5.41) is 0.349. The maximum absolute atomic E-state index is 12.1. The van der Waals surface area contributed by atoms with E-state index in [9.17, 15) is 8.42 Å². The second-order valence-corrected chi connectivity index (χ2v) is 7.40. The molecule has 4 nitrogen and oxygen atoms in total. The van der Waals surface area contributed by atoms with Gasteiger partial charge in [0.25, 0.3) is 0 Å². The Balaban J connectivity index is 2.18. The zero-order valence-electron chi connectivity index (χ0n) is 10.6. The monoisotopic (exact) mass is 284 g/mol. The van der Waals surface area contributed by atoms with E-state index in [-0.39, 0.29) is 4.90 Å². The molecule has 0 saturated carbocycles. The van der Waals surface area contributed by atoms with Crippen LogP contribution in [0.1, 0.15) is 19.4 Å². The molecule has 0 radical (unpaired) electrons. The third-order valence-electron chi connectivity index (χ3n) is 2.88.